The molecule has 0 bridgehead atoms. The molecule has 1 unspecified atom stereocenters. The van der Waals surface area contributed by atoms with E-state index in [9.17, 15) is 4.39 Å². The van der Waals surface area contributed by atoms with Crippen LogP contribution in [0.25, 0.3) is 0 Å². The molecule has 0 amide bonds. The third-order valence-corrected chi connectivity index (χ3v) is 3.87. The molecule has 0 saturated carbocycles. The second-order valence-electron chi connectivity index (χ2n) is 4.69. The van der Waals surface area contributed by atoms with Crippen LogP contribution in [-0.4, -0.2) is 13.2 Å². The van der Waals surface area contributed by atoms with Gasteiger partial charge in [-0.05, 0) is 35.7 Å². The van der Waals surface area contributed by atoms with Gasteiger partial charge in [0.05, 0.1) is 6.61 Å². The third-order valence-electron chi connectivity index (χ3n) is 3.38. The first-order valence-electron chi connectivity index (χ1n) is 6.51. The van der Waals surface area contributed by atoms with Crippen LogP contribution in [0.15, 0.2) is 46.9 Å². The minimum atomic E-state index is -0.364. The van der Waals surface area contributed by atoms with Crippen LogP contribution < -0.4 is 4.74 Å². The first kappa shape index (κ1) is 13.6. The molecule has 0 saturated heterocycles. The lowest BCUT2D eigenvalue weighted by molar-refractivity contribution is 0.00934. The van der Waals surface area contributed by atoms with E-state index in [0.717, 1.165) is 16.5 Å². The van der Waals surface area contributed by atoms with Crippen molar-refractivity contribution < 1.29 is 13.9 Å². The monoisotopic (exact) mass is 336 g/mol. The molecule has 20 heavy (non-hydrogen) atoms. The van der Waals surface area contributed by atoms with Crippen LogP contribution in [0.1, 0.15) is 17.2 Å². The van der Waals surface area contributed by atoms with Crippen LogP contribution >= 0.6 is 15.9 Å². The summed E-state index contributed by atoms with van der Waals surface area (Å²) in [4.78, 5) is 0. The molecule has 1 heterocycles. The minimum absolute atomic E-state index is 0.140. The van der Waals surface area contributed by atoms with Crippen LogP contribution in [0.4, 0.5) is 4.39 Å². The fourth-order valence-electron chi connectivity index (χ4n) is 2.37. The maximum atomic E-state index is 13.6. The molecule has 2 aromatic carbocycles. The summed E-state index contributed by atoms with van der Waals surface area (Å²) in [5, 5.41) is 0. The van der Waals surface area contributed by atoms with E-state index < -0.39 is 0 Å². The van der Waals surface area contributed by atoms with Gasteiger partial charge in [0, 0.05) is 4.47 Å². The maximum Gasteiger partial charge on any atom is 0.165 e. The van der Waals surface area contributed by atoms with Gasteiger partial charge in [-0.1, -0.05) is 40.2 Å². The van der Waals surface area contributed by atoms with E-state index in [2.05, 4.69) is 22.0 Å². The van der Waals surface area contributed by atoms with E-state index in [1.807, 2.05) is 18.2 Å². The summed E-state index contributed by atoms with van der Waals surface area (Å²) in [7, 11) is 0. The van der Waals surface area contributed by atoms with Gasteiger partial charge in [-0.3, -0.25) is 0 Å². The number of hydrogen-bond donors (Lipinski definition) is 0. The summed E-state index contributed by atoms with van der Waals surface area (Å²) in [6.07, 6.45) is 0.774. The molecule has 1 atom stereocenters. The van der Waals surface area contributed by atoms with Crippen molar-refractivity contribution in [3.63, 3.8) is 0 Å². The zero-order valence-electron chi connectivity index (χ0n) is 10.8. The van der Waals surface area contributed by atoms with Crippen LogP contribution in [0, 0.1) is 5.82 Å². The number of benzene rings is 2. The Morgan fingerprint density at radius 2 is 2.10 bits per heavy atom. The lowest BCUT2D eigenvalue weighted by Crippen LogP contribution is -2.21. The van der Waals surface area contributed by atoms with Gasteiger partial charge in [0.15, 0.2) is 11.6 Å². The molecular weight excluding hydrogens is 323 g/mol. The predicted octanol–water partition coefficient (Wildman–Crippen LogP) is 4.28. The van der Waals surface area contributed by atoms with Gasteiger partial charge < -0.3 is 9.47 Å². The standard InChI is InChI=1S/C16H14BrFO2/c17-12-5-6-14(18)15(9-12)20-10-16-13-4-2-1-3-11(13)7-8-19-16/h1-6,9,16H,7-8,10H2. The van der Waals surface area contributed by atoms with E-state index in [1.54, 1.807) is 12.1 Å². The second kappa shape index (κ2) is 5.94. The van der Waals surface area contributed by atoms with Crippen LogP contribution in [0.2, 0.25) is 0 Å². The van der Waals surface area contributed by atoms with Crippen molar-refractivity contribution in [3.05, 3.63) is 63.9 Å². The first-order valence-corrected chi connectivity index (χ1v) is 7.30. The number of hydrogen-bond acceptors (Lipinski definition) is 2. The van der Waals surface area contributed by atoms with Crippen molar-refractivity contribution in [3.8, 4) is 5.75 Å². The van der Waals surface area contributed by atoms with Crippen molar-refractivity contribution in [2.75, 3.05) is 13.2 Å². The minimum Gasteiger partial charge on any atom is -0.487 e. The normalized spacial score (nSPS) is 17.6. The Bertz CT molecular complexity index is 615. The van der Waals surface area contributed by atoms with Crippen molar-refractivity contribution in [2.24, 2.45) is 0 Å². The molecule has 2 aromatic rings. The molecule has 0 spiro atoms. The number of fused-ring (bicyclic) bond motifs is 1. The highest BCUT2D eigenvalue weighted by Gasteiger charge is 2.21. The van der Waals surface area contributed by atoms with Crippen LogP contribution in [0.3, 0.4) is 0 Å². The molecule has 0 aromatic heterocycles. The zero-order chi connectivity index (χ0) is 13.9. The van der Waals surface area contributed by atoms with Gasteiger partial charge in [-0.25, -0.2) is 4.39 Å². The van der Waals surface area contributed by atoms with Crippen molar-refractivity contribution in [1.82, 2.24) is 0 Å². The molecule has 0 aliphatic carbocycles. The summed E-state index contributed by atoms with van der Waals surface area (Å²) in [6.45, 7) is 0.983. The molecular formula is C16H14BrFO2. The summed E-state index contributed by atoms with van der Waals surface area (Å²) in [6, 6.07) is 12.8. The second-order valence-corrected chi connectivity index (χ2v) is 5.61. The van der Waals surface area contributed by atoms with E-state index in [4.69, 9.17) is 9.47 Å². The lowest BCUT2D eigenvalue weighted by atomic mass is 9.98. The molecule has 0 fully saturated rings. The summed E-state index contributed by atoms with van der Waals surface area (Å²) in [5.74, 6) is -0.122. The number of halogens is 2. The molecule has 3 rings (SSSR count). The molecule has 0 N–H and O–H groups in total. The van der Waals surface area contributed by atoms with Crippen LogP contribution in [-0.2, 0) is 11.2 Å². The van der Waals surface area contributed by atoms with Crippen LogP contribution in [0.5, 0.6) is 5.75 Å². The summed E-state index contributed by atoms with van der Waals surface area (Å²) in [5.41, 5.74) is 2.41. The molecule has 1 aliphatic rings. The highest BCUT2D eigenvalue weighted by Crippen LogP contribution is 2.29. The van der Waals surface area contributed by atoms with E-state index >= 15 is 0 Å². The Morgan fingerprint density at radius 3 is 3.00 bits per heavy atom. The van der Waals surface area contributed by atoms with Gasteiger partial charge in [0.25, 0.3) is 0 Å². The molecule has 2 nitrogen and oxygen atoms in total. The van der Waals surface area contributed by atoms with E-state index in [-0.39, 0.29) is 17.7 Å². The first-order chi connectivity index (χ1) is 9.74. The average molecular weight is 337 g/mol. The van der Waals surface area contributed by atoms with Gasteiger partial charge >= 0.3 is 0 Å². The Morgan fingerprint density at radius 1 is 1.25 bits per heavy atom. The molecule has 4 heteroatoms. The third kappa shape index (κ3) is 2.86. The number of ether oxygens (including phenoxy) is 2. The maximum absolute atomic E-state index is 13.6. The molecule has 104 valence electrons. The fourth-order valence-corrected chi connectivity index (χ4v) is 2.71. The van der Waals surface area contributed by atoms with Crippen molar-refractivity contribution in [2.45, 2.75) is 12.5 Å². The number of rotatable bonds is 3. The highest BCUT2D eigenvalue weighted by atomic mass is 79.9. The van der Waals surface area contributed by atoms with Gasteiger partial charge in [0.1, 0.15) is 12.7 Å². The smallest absolute Gasteiger partial charge is 0.165 e. The average Bonchev–Trinajstić information content (AvgIpc) is 2.48. The Kier molecular flexibility index (Phi) is 4.03. The Labute approximate surface area is 125 Å². The Hall–Kier alpha value is -1.39. The van der Waals surface area contributed by atoms with Crippen molar-refractivity contribution in [1.29, 1.82) is 0 Å². The predicted molar refractivity (Wildman–Crippen MR) is 78.4 cm³/mol. The van der Waals surface area contributed by atoms with E-state index in [0.29, 0.717) is 13.2 Å². The highest BCUT2D eigenvalue weighted by molar-refractivity contribution is 9.10. The van der Waals surface area contributed by atoms with Gasteiger partial charge in [0.2, 0.25) is 0 Å². The van der Waals surface area contributed by atoms with Crippen molar-refractivity contribution >= 4 is 15.9 Å². The topological polar surface area (TPSA) is 18.5 Å². The van der Waals surface area contributed by atoms with E-state index in [1.165, 1.54) is 11.6 Å². The molecule has 0 radical (unpaired) electrons. The quantitative estimate of drug-likeness (QED) is 0.832. The summed E-state index contributed by atoms with van der Waals surface area (Å²) < 4.78 is 25.7. The SMILES string of the molecule is Fc1ccc(Br)cc1OCC1OCCc2ccccc21. The van der Waals surface area contributed by atoms with Gasteiger partial charge in [-0.2, -0.15) is 0 Å². The molecule has 1 aliphatic heterocycles. The fraction of sp³-hybridized carbons (Fsp3) is 0.250. The largest absolute Gasteiger partial charge is 0.487 e. The summed E-state index contributed by atoms with van der Waals surface area (Å²) >= 11 is 3.31. The van der Waals surface area contributed by atoms with Gasteiger partial charge in [-0.15, -0.1) is 0 Å². The lowest BCUT2D eigenvalue weighted by Gasteiger charge is -2.26. The zero-order valence-corrected chi connectivity index (χ0v) is 12.4. The Balaban J connectivity index is 1.75.